The fourth-order valence-electron chi connectivity index (χ4n) is 2.25. The quantitative estimate of drug-likeness (QED) is 0.754. The first-order valence-electron chi connectivity index (χ1n) is 6.62. The number of para-hydroxylation sites is 1. The highest BCUT2D eigenvalue weighted by Gasteiger charge is 2.11. The second kappa shape index (κ2) is 6.23. The van der Waals surface area contributed by atoms with Crippen molar-refractivity contribution in [3.8, 4) is 0 Å². The van der Waals surface area contributed by atoms with E-state index in [1.165, 1.54) is 0 Å². The largest absolute Gasteiger partial charge is 0.481 e. The number of hydrogen-bond donors (Lipinski definition) is 3. The third-order valence-electron chi connectivity index (χ3n) is 3.17. The maximum absolute atomic E-state index is 11.6. The predicted octanol–water partition coefficient (Wildman–Crippen LogP) is 2.08. The fraction of sp³-hybridized carbons (Fsp3) is 0.333. The molecule has 2 rings (SSSR count). The van der Waals surface area contributed by atoms with Crippen LogP contribution >= 0.6 is 0 Å². The molecule has 1 heterocycles. The van der Waals surface area contributed by atoms with Crippen LogP contribution in [0.1, 0.15) is 25.3 Å². The van der Waals surface area contributed by atoms with Gasteiger partial charge in [0.25, 0.3) is 0 Å². The third-order valence-corrected chi connectivity index (χ3v) is 3.17. The molecular weight excluding hydrogens is 256 g/mol. The molecule has 106 valence electrons. The van der Waals surface area contributed by atoms with Crippen molar-refractivity contribution in [2.24, 2.45) is 0 Å². The van der Waals surface area contributed by atoms with Crippen molar-refractivity contribution in [3.63, 3.8) is 0 Å². The molecule has 0 aliphatic heterocycles. The van der Waals surface area contributed by atoms with Crippen LogP contribution in [0.5, 0.6) is 0 Å². The molecule has 0 spiro atoms. The Balaban J connectivity index is 1.92. The zero-order valence-corrected chi connectivity index (χ0v) is 11.3. The number of fused-ring (bicyclic) bond motifs is 1. The van der Waals surface area contributed by atoms with Crippen molar-refractivity contribution in [2.45, 2.75) is 32.2 Å². The van der Waals surface area contributed by atoms with E-state index in [9.17, 15) is 9.59 Å². The number of H-pyrrole nitrogens is 1. The summed E-state index contributed by atoms with van der Waals surface area (Å²) in [6.07, 6.45) is 2.55. The number of carboxylic acids is 1. The highest BCUT2D eigenvalue weighted by atomic mass is 16.4. The number of carboxylic acid groups (broad SMARTS) is 1. The second-order valence-electron chi connectivity index (χ2n) is 4.93. The number of rotatable bonds is 6. The van der Waals surface area contributed by atoms with E-state index in [0.29, 0.717) is 6.42 Å². The lowest BCUT2D eigenvalue weighted by Gasteiger charge is -2.13. The van der Waals surface area contributed by atoms with Gasteiger partial charge in [-0.2, -0.15) is 0 Å². The Morgan fingerprint density at radius 3 is 2.80 bits per heavy atom. The van der Waals surface area contributed by atoms with Gasteiger partial charge in [0.1, 0.15) is 0 Å². The monoisotopic (exact) mass is 274 g/mol. The van der Waals surface area contributed by atoms with Crippen LogP contribution in [-0.4, -0.2) is 28.0 Å². The lowest BCUT2D eigenvalue weighted by Crippen LogP contribution is -2.34. The van der Waals surface area contributed by atoms with E-state index >= 15 is 0 Å². The number of hydrogen-bond acceptors (Lipinski definition) is 2. The fourth-order valence-corrected chi connectivity index (χ4v) is 2.25. The third kappa shape index (κ3) is 3.60. The average Bonchev–Trinajstić information content (AvgIpc) is 2.80. The molecule has 0 radical (unpaired) electrons. The standard InChI is InChI=1S/C15H18N2O3/c1-10(17-14(18)6-7-15(19)20)8-11-9-16-13-5-3-2-4-12(11)13/h2-5,9-10,16H,6-8H2,1H3,(H,17,18)(H,19,20)/t10-/m1/s1. The van der Waals surface area contributed by atoms with Gasteiger partial charge < -0.3 is 15.4 Å². The first-order valence-corrected chi connectivity index (χ1v) is 6.62. The lowest BCUT2D eigenvalue weighted by atomic mass is 10.1. The molecule has 1 atom stereocenters. The normalized spacial score (nSPS) is 12.2. The smallest absolute Gasteiger partial charge is 0.303 e. The summed E-state index contributed by atoms with van der Waals surface area (Å²) in [6.45, 7) is 1.92. The minimum atomic E-state index is -0.954. The summed E-state index contributed by atoms with van der Waals surface area (Å²) in [5.74, 6) is -1.18. The molecule has 3 N–H and O–H groups in total. The molecule has 0 fully saturated rings. The predicted molar refractivity (Wildman–Crippen MR) is 76.5 cm³/mol. The van der Waals surface area contributed by atoms with Gasteiger partial charge in [0.15, 0.2) is 0 Å². The number of nitrogens with one attached hydrogen (secondary N) is 2. The van der Waals surface area contributed by atoms with Gasteiger partial charge in [0.05, 0.1) is 6.42 Å². The van der Waals surface area contributed by atoms with Crippen LogP contribution in [0.4, 0.5) is 0 Å². The zero-order chi connectivity index (χ0) is 14.5. The average molecular weight is 274 g/mol. The lowest BCUT2D eigenvalue weighted by molar-refractivity contribution is -0.138. The zero-order valence-electron chi connectivity index (χ0n) is 11.3. The van der Waals surface area contributed by atoms with E-state index in [0.717, 1.165) is 16.5 Å². The van der Waals surface area contributed by atoms with E-state index in [2.05, 4.69) is 10.3 Å². The number of aliphatic carboxylic acids is 1. The van der Waals surface area contributed by atoms with Gasteiger partial charge in [0, 0.05) is 29.6 Å². The summed E-state index contributed by atoms with van der Waals surface area (Å²) < 4.78 is 0. The number of carbonyl (C=O) groups excluding carboxylic acids is 1. The summed E-state index contributed by atoms with van der Waals surface area (Å²) in [5.41, 5.74) is 2.22. The molecule has 1 aromatic carbocycles. The number of amides is 1. The van der Waals surface area contributed by atoms with E-state index in [1.54, 1.807) is 0 Å². The number of aromatic nitrogens is 1. The molecule has 5 heteroatoms. The Morgan fingerprint density at radius 1 is 1.30 bits per heavy atom. The van der Waals surface area contributed by atoms with E-state index in [1.807, 2.05) is 37.4 Å². The Hall–Kier alpha value is -2.30. The highest BCUT2D eigenvalue weighted by Crippen LogP contribution is 2.18. The van der Waals surface area contributed by atoms with Crippen LogP contribution in [0.2, 0.25) is 0 Å². The van der Waals surface area contributed by atoms with Crippen molar-refractivity contribution >= 4 is 22.8 Å². The first kappa shape index (κ1) is 14.1. The Kier molecular flexibility index (Phi) is 4.40. The van der Waals surface area contributed by atoms with Crippen LogP contribution in [0.15, 0.2) is 30.5 Å². The van der Waals surface area contributed by atoms with Gasteiger partial charge in [-0.15, -0.1) is 0 Å². The molecule has 0 saturated carbocycles. The Morgan fingerprint density at radius 2 is 2.05 bits per heavy atom. The van der Waals surface area contributed by atoms with Crippen molar-refractivity contribution in [1.82, 2.24) is 10.3 Å². The summed E-state index contributed by atoms with van der Waals surface area (Å²) in [5, 5.41) is 12.5. The number of carbonyl (C=O) groups is 2. The summed E-state index contributed by atoms with van der Waals surface area (Å²) in [7, 11) is 0. The Labute approximate surface area is 117 Å². The van der Waals surface area contributed by atoms with E-state index in [-0.39, 0.29) is 24.8 Å². The molecule has 20 heavy (non-hydrogen) atoms. The topological polar surface area (TPSA) is 82.2 Å². The summed E-state index contributed by atoms with van der Waals surface area (Å²) in [4.78, 5) is 25.2. The molecule has 0 aliphatic carbocycles. The minimum Gasteiger partial charge on any atom is -0.481 e. The summed E-state index contributed by atoms with van der Waals surface area (Å²) in [6, 6.07) is 7.97. The minimum absolute atomic E-state index is 0.0214. The van der Waals surface area contributed by atoms with Gasteiger partial charge in [0.2, 0.25) is 5.91 Å². The van der Waals surface area contributed by atoms with Crippen molar-refractivity contribution < 1.29 is 14.7 Å². The molecule has 2 aromatic rings. The molecule has 0 bridgehead atoms. The van der Waals surface area contributed by atoms with Gasteiger partial charge in [-0.3, -0.25) is 9.59 Å². The van der Waals surface area contributed by atoms with Crippen LogP contribution < -0.4 is 5.32 Å². The number of benzene rings is 1. The van der Waals surface area contributed by atoms with Crippen molar-refractivity contribution in [3.05, 3.63) is 36.0 Å². The maximum Gasteiger partial charge on any atom is 0.303 e. The van der Waals surface area contributed by atoms with Crippen LogP contribution in [0.25, 0.3) is 10.9 Å². The number of aromatic amines is 1. The van der Waals surface area contributed by atoms with Crippen LogP contribution in [0, 0.1) is 0 Å². The van der Waals surface area contributed by atoms with E-state index in [4.69, 9.17) is 5.11 Å². The summed E-state index contributed by atoms with van der Waals surface area (Å²) >= 11 is 0. The molecule has 1 aromatic heterocycles. The maximum atomic E-state index is 11.6. The first-order chi connectivity index (χ1) is 9.56. The molecule has 0 aliphatic rings. The van der Waals surface area contributed by atoms with Crippen LogP contribution in [-0.2, 0) is 16.0 Å². The molecule has 5 nitrogen and oxygen atoms in total. The van der Waals surface area contributed by atoms with Crippen molar-refractivity contribution in [1.29, 1.82) is 0 Å². The van der Waals surface area contributed by atoms with Crippen LogP contribution in [0.3, 0.4) is 0 Å². The molecule has 0 unspecified atom stereocenters. The molecule has 0 saturated heterocycles. The highest BCUT2D eigenvalue weighted by molar-refractivity contribution is 5.83. The van der Waals surface area contributed by atoms with Crippen molar-refractivity contribution in [2.75, 3.05) is 0 Å². The molecular formula is C15H18N2O3. The Bertz CT molecular complexity index is 618. The second-order valence-corrected chi connectivity index (χ2v) is 4.93. The van der Waals surface area contributed by atoms with E-state index < -0.39 is 5.97 Å². The molecule has 1 amide bonds. The van der Waals surface area contributed by atoms with Gasteiger partial charge in [-0.05, 0) is 25.0 Å². The van der Waals surface area contributed by atoms with Gasteiger partial charge in [-0.1, -0.05) is 18.2 Å². The van der Waals surface area contributed by atoms with Gasteiger partial charge >= 0.3 is 5.97 Å². The SMILES string of the molecule is C[C@H](Cc1c[nH]c2ccccc12)NC(=O)CCC(=O)O. The van der Waals surface area contributed by atoms with Gasteiger partial charge in [-0.25, -0.2) is 0 Å².